The first-order valence-electron chi connectivity index (χ1n) is 18.9. The van der Waals surface area contributed by atoms with Crippen molar-refractivity contribution in [2.24, 2.45) is 5.92 Å². The Balaban J connectivity index is 2.15. The molecule has 0 aliphatic rings. The van der Waals surface area contributed by atoms with Gasteiger partial charge in [-0.15, -0.1) is 0 Å². The third-order valence-electron chi connectivity index (χ3n) is 9.57. The summed E-state index contributed by atoms with van der Waals surface area (Å²) in [5.74, 6) is 0.795. The minimum Gasteiger partial charge on any atom is -0.0654 e. The van der Waals surface area contributed by atoms with Crippen molar-refractivity contribution >= 4 is 0 Å². The highest BCUT2D eigenvalue weighted by Gasteiger charge is 2.14. The van der Waals surface area contributed by atoms with Crippen LogP contribution in [0.25, 0.3) is 0 Å². The molecular weight excluding hydrogens is 504 g/mol. The second kappa shape index (κ2) is 23.8. The summed E-state index contributed by atoms with van der Waals surface area (Å²) in [5, 5.41) is 0. The SMILES string of the molecule is CCCCCCC(CCc1ccc(CCCCC)c(CCCCC)c1)Cc1ccc(CCCCC)c(CCCCC)c1. The van der Waals surface area contributed by atoms with E-state index in [2.05, 4.69) is 71.0 Å². The van der Waals surface area contributed by atoms with Crippen molar-refractivity contribution in [1.29, 1.82) is 0 Å². The molecule has 2 aromatic rings. The molecule has 2 rings (SSSR count). The van der Waals surface area contributed by atoms with E-state index in [1.165, 1.54) is 154 Å². The van der Waals surface area contributed by atoms with Crippen molar-refractivity contribution in [3.05, 3.63) is 69.8 Å². The molecule has 0 spiro atoms. The molecule has 1 unspecified atom stereocenters. The molecule has 0 saturated heterocycles. The topological polar surface area (TPSA) is 0 Å². The number of unbranched alkanes of at least 4 members (excludes halogenated alkanes) is 11. The molecule has 0 amide bonds. The molecule has 0 heterocycles. The van der Waals surface area contributed by atoms with Crippen molar-refractivity contribution in [3.8, 4) is 0 Å². The van der Waals surface area contributed by atoms with Gasteiger partial charge in [-0.2, -0.15) is 0 Å². The van der Waals surface area contributed by atoms with Gasteiger partial charge in [0.15, 0.2) is 0 Å². The van der Waals surface area contributed by atoms with Crippen LogP contribution in [0.2, 0.25) is 0 Å². The van der Waals surface area contributed by atoms with Gasteiger partial charge in [-0.25, -0.2) is 0 Å². The monoisotopic (exact) mass is 575 g/mol. The maximum absolute atomic E-state index is 2.63. The van der Waals surface area contributed by atoms with Crippen LogP contribution in [0.3, 0.4) is 0 Å². The Labute approximate surface area is 263 Å². The van der Waals surface area contributed by atoms with Gasteiger partial charge in [0, 0.05) is 0 Å². The van der Waals surface area contributed by atoms with E-state index < -0.39 is 0 Å². The molecule has 0 bridgehead atoms. The average Bonchev–Trinajstić information content (AvgIpc) is 3.00. The minimum absolute atomic E-state index is 0.795. The molecule has 1 atom stereocenters. The van der Waals surface area contributed by atoms with E-state index in [1.54, 1.807) is 33.4 Å². The smallest absolute Gasteiger partial charge is 0.0250 e. The summed E-state index contributed by atoms with van der Waals surface area (Å²) in [6.45, 7) is 11.6. The molecule has 2 aromatic carbocycles. The highest BCUT2D eigenvalue weighted by molar-refractivity contribution is 5.34. The van der Waals surface area contributed by atoms with Gasteiger partial charge < -0.3 is 0 Å². The van der Waals surface area contributed by atoms with Crippen molar-refractivity contribution in [2.45, 2.75) is 189 Å². The maximum atomic E-state index is 2.63. The lowest BCUT2D eigenvalue weighted by molar-refractivity contribution is 0.423. The number of aryl methyl sites for hydroxylation is 5. The zero-order chi connectivity index (χ0) is 30.3. The van der Waals surface area contributed by atoms with Gasteiger partial charge in [0.05, 0.1) is 0 Å². The van der Waals surface area contributed by atoms with E-state index in [4.69, 9.17) is 0 Å². The van der Waals surface area contributed by atoms with Gasteiger partial charge in [-0.05, 0) is 110 Å². The van der Waals surface area contributed by atoms with Gasteiger partial charge in [-0.3, -0.25) is 0 Å². The van der Waals surface area contributed by atoms with E-state index in [0.717, 1.165) is 5.92 Å². The van der Waals surface area contributed by atoms with Crippen molar-refractivity contribution in [2.75, 3.05) is 0 Å². The van der Waals surface area contributed by atoms with E-state index in [1.807, 2.05) is 0 Å². The van der Waals surface area contributed by atoms with E-state index in [9.17, 15) is 0 Å². The van der Waals surface area contributed by atoms with Crippen molar-refractivity contribution in [1.82, 2.24) is 0 Å². The molecule has 238 valence electrons. The summed E-state index contributed by atoms with van der Waals surface area (Å²) >= 11 is 0. The summed E-state index contributed by atoms with van der Waals surface area (Å²) in [5.41, 5.74) is 9.79. The Hall–Kier alpha value is -1.56. The van der Waals surface area contributed by atoms with Crippen LogP contribution in [0.5, 0.6) is 0 Å². The molecule has 0 aliphatic heterocycles. The number of benzene rings is 2. The molecule has 0 aromatic heterocycles. The fourth-order valence-electron chi connectivity index (χ4n) is 6.77. The van der Waals surface area contributed by atoms with Crippen LogP contribution >= 0.6 is 0 Å². The lowest BCUT2D eigenvalue weighted by atomic mass is 9.86. The molecule has 0 N–H and O–H groups in total. The molecule has 0 radical (unpaired) electrons. The lowest BCUT2D eigenvalue weighted by Gasteiger charge is -2.20. The van der Waals surface area contributed by atoms with Gasteiger partial charge in [0.25, 0.3) is 0 Å². The Morgan fingerprint density at radius 2 is 0.810 bits per heavy atom. The predicted molar refractivity (Wildman–Crippen MR) is 190 cm³/mol. The van der Waals surface area contributed by atoms with Crippen LogP contribution in [0.1, 0.15) is 184 Å². The van der Waals surface area contributed by atoms with Crippen LogP contribution in [0.15, 0.2) is 36.4 Å². The number of hydrogen-bond acceptors (Lipinski definition) is 0. The third-order valence-corrected chi connectivity index (χ3v) is 9.57. The fourth-order valence-corrected chi connectivity index (χ4v) is 6.77. The van der Waals surface area contributed by atoms with Gasteiger partial charge in [0.2, 0.25) is 0 Å². The van der Waals surface area contributed by atoms with Crippen molar-refractivity contribution < 1.29 is 0 Å². The molecule has 0 aliphatic carbocycles. The molecule has 0 heteroatoms. The van der Waals surface area contributed by atoms with Crippen LogP contribution < -0.4 is 0 Å². The van der Waals surface area contributed by atoms with Crippen LogP contribution in [0, 0.1) is 5.92 Å². The van der Waals surface area contributed by atoms with E-state index in [0.29, 0.717) is 0 Å². The summed E-state index contributed by atoms with van der Waals surface area (Å²) < 4.78 is 0. The van der Waals surface area contributed by atoms with Crippen LogP contribution in [-0.4, -0.2) is 0 Å². The Morgan fingerprint density at radius 3 is 1.31 bits per heavy atom. The lowest BCUT2D eigenvalue weighted by Crippen LogP contribution is -2.08. The summed E-state index contributed by atoms with van der Waals surface area (Å²) in [6.07, 6.45) is 31.9. The first-order chi connectivity index (χ1) is 20.6. The first kappa shape index (κ1) is 36.6. The number of rotatable bonds is 26. The highest BCUT2D eigenvalue weighted by Crippen LogP contribution is 2.26. The highest BCUT2D eigenvalue weighted by atomic mass is 14.2. The van der Waals surface area contributed by atoms with Crippen LogP contribution in [-0.2, 0) is 38.5 Å². The second-order valence-corrected chi connectivity index (χ2v) is 13.5. The number of hydrogen-bond donors (Lipinski definition) is 0. The Bertz CT molecular complexity index is 922. The van der Waals surface area contributed by atoms with Gasteiger partial charge in [0.1, 0.15) is 0 Å². The van der Waals surface area contributed by atoms with Gasteiger partial charge >= 0.3 is 0 Å². The maximum Gasteiger partial charge on any atom is -0.0250 e. The normalized spacial score (nSPS) is 12.2. The largest absolute Gasteiger partial charge is 0.0654 e. The predicted octanol–water partition coefficient (Wildman–Crippen LogP) is 13.4. The molecule has 0 saturated carbocycles. The Morgan fingerprint density at radius 1 is 0.381 bits per heavy atom. The zero-order valence-electron chi connectivity index (χ0n) is 29.0. The van der Waals surface area contributed by atoms with Crippen molar-refractivity contribution in [3.63, 3.8) is 0 Å². The van der Waals surface area contributed by atoms with Gasteiger partial charge in [-0.1, -0.05) is 154 Å². The summed E-state index contributed by atoms with van der Waals surface area (Å²) in [6, 6.07) is 15.2. The minimum atomic E-state index is 0.795. The van der Waals surface area contributed by atoms with E-state index in [-0.39, 0.29) is 0 Å². The summed E-state index contributed by atoms with van der Waals surface area (Å²) in [4.78, 5) is 0. The van der Waals surface area contributed by atoms with Crippen LogP contribution in [0.4, 0.5) is 0 Å². The fraction of sp³-hybridized carbons (Fsp3) is 0.714. The summed E-state index contributed by atoms with van der Waals surface area (Å²) in [7, 11) is 0. The molecule has 0 nitrogen and oxygen atoms in total. The third kappa shape index (κ3) is 15.3. The molecule has 42 heavy (non-hydrogen) atoms. The quantitative estimate of drug-likeness (QED) is 0.0980. The standard InChI is InChI=1S/C42H70/c1-6-11-16-21-22-36(33-38-30-32-40(24-18-13-8-3)42(35-38)26-20-15-10-5)27-28-37-29-31-39(23-17-12-7-2)41(34-37)25-19-14-9-4/h29-32,34-36H,6-28,33H2,1-5H3. The second-order valence-electron chi connectivity index (χ2n) is 13.5. The first-order valence-corrected chi connectivity index (χ1v) is 18.9. The average molecular weight is 575 g/mol. The Kier molecular flexibility index (Phi) is 20.8. The molecule has 0 fully saturated rings. The van der Waals surface area contributed by atoms with E-state index >= 15 is 0 Å². The zero-order valence-corrected chi connectivity index (χ0v) is 29.0. The molecular formula is C42H70.